The number of piperidine rings is 1. The number of carbonyl (C=O) groups is 2. The Hall–Kier alpha value is -1.32. The largest absolute Gasteiger partial charge is 0.467 e. The van der Waals surface area contributed by atoms with Crippen LogP contribution in [0.1, 0.15) is 87.0 Å². The smallest absolute Gasteiger partial charge is 0.457 e. The fraction of sp³-hybridized carbons (Fsp3) is 0.923. The molecule has 0 aromatic rings. The third-order valence-electron chi connectivity index (χ3n) is 8.17. The molecule has 35 heavy (non-hydrogen) atoms. The second-order valence-corrected chi connectivity index (χ2v) is 12.6. The predicted octanol–water partition coefficient (Wildman–Crippen LogP) is 4.51. The molecule has 3 saturated heterocycles. The third kappa shape index (κ3) is 6.52. The minimum absolute atomic E-state index is 0.127. The second kappa shape index (κ2) is 10.6. The van der Waals surface area contributed by atoms with Gasteiger partial charge in [-0.3, -0.25) is 4.90 Å². The molecule has 9 heteroatoms. The number of hydrogen-bond donors (Lipinski definition) is 0. The van der Waals surface area contributed by atoms with E-state index in [9.17, 15) is 9.59 Å². The van der Waals surface area contributed by atoms with Crippen molar-refractivity contribution in [2.75, 3.05) is 33.3 Å². The molecule has 0 aromatic carbocycles. The minimum atomic E-state index is -1.02. The van der Waals surface area contributed by atoms with E-state index in [1.54, 1.807) is 4.90 Å². The molecule has 1 amide bonds. The predicted molar refractivity (Wildman–Crippen MR) is 136 cm³/mol. The van der Waals surface area contributed by atoms with Gasteiger partial charge in [0.1, 0.15) is 11.1 Å². The van der Waals surface area contributed by atoms with Crippen LogP contribution in [0.15, 0.2) is 0 Å². The van der Waals surface area contributed by atoms with Crippen molar-refractivity contribution in [1.29, 1.82) is 0 Å². The average Bonchev–Trinajstić information content (AvgIpc) is 3.24. The van der Waals surface area contributed by atoms with Crippen LogP contribution in [-0.4, -0.2) is 84.6 Å². The average molecular weight is 494 g/mol. The van der Waals surface area contributed by atoms with Gasteiger partial charge in [-0.25, -0.2) is 9.59 Å². The molecule has 3 aliphatic rings. The van der Waals surface area contributed by atoms with E-state index in [0.29, 0.717) is 25.7 Å². The summed E-state index contributed by atoms with van der Waals surface area (Å²) in [6, 6.07) is 0. The van der Waals surface area contributed by atoms with Crippen molar-refractivity contribution in [3.05, 3.63) is 0 Å². The summed E-state index contributed by atoms with van der Waals surface area (Å²) in [7, 11) is 1.12. The zero-order chi connectivity index (χ0) is 26.1. The molecule has 3 fully saturated rings. The number of likely N-dealkylation sites (tertiary alicyclic amines) is 2. The van der Waals surface area contributed by atoms with Gasteiger partial charge in [0, 0.05) is 13.1 Å². The molecule has 0 aromatic heterocycles. The van der Waals surface area contributed by atoms with Crippen molar-refractivity contribution in [2.24, 2.45) is 5.92 Å². The summed E-state index contributed by atoms with van der Waals surface area (Å²) in [4.78, 5) is 30.7. The fourth-order valence-corrected chi connectivity index (χ4v) is 5.55. The Morgan fingerprint density at radius 2 is 1.63 bits per heavy atom. The van der Waals surface area contributed by atoms with Crippen molar-refractivity contribution in [1.82, 2.24) is 9.80 Å². The van der Waals surface area contributed by atoms with E-state index in [4.69, 9.17) is 18.8 Å². The van der Waals surface area contributed by atoms with Gasteiger partial charge < -0.3 is 23.7 Å². The molecule has 3 aliphatic heterocycles. The van der Waals surface area contributed by atoms with E-state index in [1.807, 2.05) is 20.8 Å². The van der Waals surface area contributed by atoms with Crippen LogP contribution in [0.4, 0.5) is 4.79 Å². The summed E-state index contributed by atoms with van der Waals surface area (Å²) in [6.07, 6.45) is 5.78. The summed E-state index contributed by atoms with van der Waals surface area (Å²) in [5.74, 6) is -0.222. The molecule has 2 atom stereocenters. The molecule has 8 nitrogen and oxygen atoms in total. The van der Waals surface area contributed by atoms with E-state index >= 15 is 0 Å². The topological polar surface area (TPSA) is 77.5 Å². The Morgan fingerprint density at radius 1 is 1.03 bits per heavy atom. The van der Waals surface area contributed by atoms with Crippen LogP contribution in [0, 0.1) is 5.92 Å². The summed E-state index contributed by atoms with van der Waals surface area (Å²) in [5.41, 5.74) is -2.41. The van der Waals surface area contributed by atoms with Gasteiger partial charge in [0.2, 0.25) is 0 Å². The number of hydrogen-bond acceptors (Lipinski definition) is 7. The maximum Gasteiger partial charge on any atom is 0.457 e. The molecule has 200 valence electrons. The Labute approximate surface area is 212 Å². The standard InChI is InChI=1S/C26H47BN2O6/c1-23(2,3)33-22(31)29-19-20(12-14-27-34-24(4,5)25(6,7)35-27)18-26(29,21(30)32-8)13-17-28-15-10-9-11-16-28/h20H,9-19H2,1-8H3. The lowest BCUT2D eigenvalue weighted by Gasteiger charge is -2.38. The lowest BCUT2D eigenvalue weighted by Crippen LogP contribution is -2.56. The lowest BCUT2D eigenvalue weighted by atomic mass is 9.78. The van der Waals surface area contributed by atoms with Crippen LogP contribution in [0.5, 0.6) is 0 Å². The molecular weight excluding hydrogens is 447 g/mol. The number of nitrogens with zero attached hydrogens (tertiary/aromatic N) is 2. The fourth-order valence-electron chi connectivity index (χ4n) is 5.55. The number of amides is 1. The highest BCUT2D eigenvalue weighted by Gasteiger charge is 2.56. The van der Waals surface area contributed by atoms with Gasteiger partial charge in [-0.2, -0.15) is 0 Å². The van der Waals surface area contributed by atoms with Gasteiger partial charge in [-0.15, -0.1) is 0 Å². The molecule has 3 heterocycles. The molecule has 0 spiro atoms. The molecular formula is C26H47BN2O6. The van der Waals surface area contributed by atoms with Crippen LogP contribution < -0.4 is 0 Å². The Bertz CT molecular complexity index is 745. The molecule has 3 rings (SSSR count). The number of ether oxygens (including phenoxy) is 2. The third-order valence-corrected chi connectivity index (χ3v) is 8.17. The first-order valence-corrected chi connectivity index (χ1v) is 13.4. The molecule has 0 saturated carbocycles. The monoisotopic (exact) mass is 494 g/mol. The first-order chi connectivity index (χ1) is 16.2. The maximum atomic E-state index is 13.4. The zero-order valence-electron chi connectivity index (χ0n) is 23.3. The van der Waals surface area contributed by atoms with Crippen LogP contribution in [0.3, 0.4) is 0 Å². The van der Waals surface area contributed by atoms with Crippen LogP contribution >= 0.6 is 0 Å². The lowest BCUT2D eigenvalue weighted by molar-refractivity contribution is -0.154. The van der Waals surface area contributed by atoms with Crippen molar-refractivity contribution in [3.63, 3.8) is 0 Å². The van der Waals surface area contributed by atoms with E-state index in [-0.39, 0.29) is 30.2 Å². The normalized spacial score (nSPS) is 28.9. The second-order valence-electron chi connectivity index (χ2n) is 12.6. The van der Waals surface area contributed by atoms with Crippen LogP contribution in [0.25, 0.3) is 0 Å². The Kier molecular flexibility index (Phi) is 8.54. The Morgan fingerprint density at radius 3 is 2.17 bits per heavy atom. The molecule has 0 N–H and O–H groups in total. The number of rotatable bonds is 7. The number of esters is 1. The highest BCUT2D eigenvalue weighted by atomic mass is 16.7. The van der Waals surface area contributed by atoms with E-state index in [0.717, 1.165) is 26.1 Å². The summed E-state index contributed by atoms with van der Waals surface area (Å²) >= 11 is 0. The molecule has 0 radical (unpaired) electrons. The van der Waals surface area contributed by atoms with Crippen molar-refractivity contribution < 1.29 is 28.4 Å². The van der Waals surface area contributed by atoms with Crippen molar-refractivity contribution in [3.8, 4) is 0 Å². The molecule has 0 aliphatic carbocycles. The molecule has 0 bridgehead atoms. The highest BCUT2D eigenvalue weighted by molar-refractivity contribution is 6.45. The van der Waals surface area contributed by atoms with Crippen LogP contribution in [0.2, 0.25) is 6.32 Å². The Balaban J connectivity index is 1.76. The van der Waals surface area contributed by atoms with Gasteiger partial charge in [-0.1, -0.05) is 12.8 Å². The first-order valence-electron chi connectivity index (χ1n) is 13.4. The number of methoxy groups -OCH3 is 1. The van der Waals surface area contributed by atoms with Gasteiger partial charge in [-0.05, 0) is 99.5 Å². The van der Waals surface area contributed by atoms with Gasteiger partial charge >= 0.3 is 19.2 Å². The van der Waals surface area contributed by atoms with E-state index < -0.39 is 17.2 Å². The summed E-state index contributed by atoms with van der Waals surface area (Å²) in [6.45, 7) is 17.1. The summed E-state index contributed by atoms with van der Waals surface area (Å²) in [5, 5.41) is 0. The SMILES string of the molecule is COC(=O)C1(CCN2CCCCC2)CC(CCB2OC(C)(C)C(C)(C)O2)CN1C(=O)OC(C)(C)C. The number of carbonyl (C=O) groups excluding carboxylic acids is 2. The van der Waals surface area contributed by atoms with E-state index in [1.165, 1.54) is 26.4 Å². The van der Waals surface area contributed by atoms with Crippen molar-refractivity contribution in [2.45, 2.75) is 116 Å². The van der Waals surface area contributed by atoms with Crippen molar-refractivity contribution >= 4 is 19.2 Å². The highest BCUT2D eigenvalue weighted by Crippen LogP contribution is 2.43. The minimum Gasteiger partial charge on any atom is -0.467 e. The van der Waals surface area contributed by atoms with E-state index in [2.05, 4.69) is 32.6 Å². The van der Waals surface area contributed by atoms with Gasteiger partial charge in [0.05, 0.1) is 18.3 Å². The van der Waals surface area contributed by atoms with Gasteiger partial charge in [0.25, 0.3) is 0 Å². The summed E-state index contributed by atoms with van der Waals surface area (Å²) < 4.78 is 23.4. The quantitative estimate of drug-likeness (QED) is 0.381. The molecule has 2 unspecified atom stereocenters. The van der Waals surface area contributed by atoms with Gasteiger partial charge in [0.15, 0.2) is 0 Å². The maximum absolute atomic E-state index is 13.4. The zero-order valence-corrected chi connectivity index (χ0v) is 23.3. The van der Waals surface area contributed by atoms with Crippen LogP contribution in [-0.2, 0) is 23.6 Å². The first kappa shape index (κ1) is 28.3.